The molecule has 3 N–H and O–H groups in total. The number of carbonyl (C=O) groups excluding carboxylic acids is 1. The lowest BCUT2D eigenvalue weighted by Crippen LogP contribution is -2.15. The van der Waals surface area contributed by atoms with Crippen LogP contribution in [0.1, 0.15) is 58.1 Å². The standard InChI is InChI=1S/C14H25N3OS/c1-4-11(7-8-15)5-6-13(18)17-14-16-12(9-19-14)10(2)3/h9-11H,4-8,15H2,1-3H3,(H,16,17,18). The normalized spacial score (nSPS) is 12.7. The van der Waals surface area contributed by atoms with Crippen LogP contribution in [0.3, 0.4) is 0 Å². The number of nitrogens with zero attached hydrogens (tertiary/aromatic N) is 1. The minimum Gasteiger partial charge on any atom is -0.330 e. The van der Waals surface area contributed by atoms with Crippen LogP contribution < -0.4 is 11.1 Å². The minimum atomic E-state index is 0.0557. The summed E-state index contributed by atoms with van der Waals surface area (Å²) in [6, 6.07) is 0. The van der Waals surface area contributed by atoms with Gasteiger partial charge in [-0.25, -0.2) is 4.98 Å². The molecule has 1 amide bonds. The molecule has 1 heterocycles. The summed E-state index contributed by atoms with van der Waals surface area (Å²) in [6.45, 7) is 7.04. The first-order valence-electron chi connectivity index (χ1n) is 7.02. The van der Waals surface area contributed by atoms with Crippen LogP contribution in [0.5, 0.6) is 0 Å². The van der Waals surface area contributed by atoms with Crippen molar-refractivity contribution in [1.29, 1.82) is 0 Å². The maximum Gasteiger partial charge on any atom is 0.226 e. The Balaban J connectivity index is 2.37. The van der Waals surface area contributed by atoms with Crippen molar-refractivity contribution < 1.29 is 4.79 Å². The fourth-order valence-electron chi connectivity index (χ4n) is 1.91. The first-order valence-corrected chi connectivity index (χ1v) is 7.90. The van der Waals surface area contributed by atoms with Crippen LogP contribution in [0, 0.1) is 5.92 Å². The molecule has 4 nitrogen and oxygen atoms in total. The summed E-state index contributed by atoms with van der Waals surface area (Å²) in [5.41, 5.74) is 6.59. The second-order valence-electron chi connectivity index (χ2n) is 5.17. The molecule has 108 valence electrons. The van der Waals surface area contributed by atoms with Gasteiger partial charge in [-0.05, 0) is 31.2 Å². The molecule has 1 aromatic rings. The highest BCUT2D eigenvalue weighted by atomic mass is 32.1. The molecule has 0 saturated carbocycles. The Kier molecular flexibility index (Phi) is 7.02. The van der Waals surface area contributed by atoms with Crippen LogP contribution >= 0.6 is 11.3 Å². The van der Waals surface area contributed by atoms with Crippen molar-refractivity contribution in [2.45, 2.75) is 52.4 Å². The average molecular weight is 283 g/mol. The van der Waals surface area contributed by atoms with Crippen LogP contribution in [0.25, 0.3) is 0 Å². The number of carbonyl (C=O) groups is 1. The van der Waals surface area contributed by atoms with Crippen molar-refractivity contribution in [3.63, 3.8) is 0 Å². The number of rotatable bonds is 8. The predicted octanol–water partition coefficient (Wildman–Crippen LogP) is 3.36. The summed E-state index contributed by atoms with van der Waals surface area (Å²) in [4.78, 5) is 16.2. The number of aromatic nitrogens is 1. The minimum absolute atomic E-state index is 0.0557. The SMILES string of the molecule is CCC(CCN)CCC(=O)Nc1nc(C(C)C)cs1. The van der Waals surface area contributed by atoms with Crippen molar-refractivity contribution in [3.05, 3.63) is 11.1 Å². The highest BCUT2D eigenvalue weighted by molar-refractivity contribution is 7.13. The lowest BCUT2D eigenvalue weighted by molar-refractivity contribution is -0.116. The van der Waals surface area contributed by atoms with Gasteiger partial charge < -0.3 is 11.1 Å². The van der Waals surface area contributed by atoms with Gasteiger partial charge in [0.2, 0.25) is 5.91 Å². The fraction of sp³-hybridized carbons (Fsp3) is 0.714. The van der Waals surface area contributed by atoms with E-state index in [-0.39, 0.29) is 5.91 Å². The number of thiazole rings is 1. The van der Waals surface area contributed by atoms with Crippen molar-refractivity contribution in [1.82, 2.24) is 4.98 Å². The summed E-state index contributed by atoms with van der Waals surface area (Å²) in [7, 11) is 0. The zero-order chi connectivity index (χ0) is 14.3. The van der Waals surface area contributed by atoms with Gasteiger partial charge >= 0.3 is 0 Å². The molecule has 1 rings (SSSR count). The van der Waals surface area contributed by atoms with Gasteiger partial charge in [-0.3, -0.25) is 4.79 Å². The monoisotopic (exact) mass is 283 g/mol. The molecule has 0 aliphatic carbocycles. The molecule has 0 spiro atoms. The van der Waals surface area contributed by atoms with Gasteiger partial charge in [0, 0.05) is 11.8 Å². The first-order chi connectivity index (χ1) is 9.06. The van der Waals surface area contributed by atoms with Crippen molar-refractivity contribution in [2.75, 3.05) is 11.9 Å². The van der Waals surface area contributed by atoms with Gasteiger partial charge in [0.1, 0.15) is 0 Å². The molecule has 0 saturated heterocycles. The number of amides is 1. The summed E-state index contributed by atoms with van der Waals surface area (Å²) in [5, 5.41) is 5.59. The van der Waals surface area contributed by atoms with Crippen LogP contribution in [0.4, 0.5) is 5.13 Å². The Bertz CT molecular complexity index is 390. The van der Waals surface area contributed by atoms with E-state index in [2.05, 4.69) is 31.1 Å². The molecule has 0 aliphatic heterocycles. The van der Waals surface area contributed by atoms with Gasteiger partial charge in [0.25, 0.3) is 0 Å². The first kappa shape index (κ1) is 16.1. The second-order valence-corrected chi connectivity index (χ2v) is 6.03. The summed E-state index contributed by atoms with van der Waals surface area (Å²) < 4.78 is 0. The van der Waals surface area contributed by atoms with Crippen LogP contribution in [0.15, 0.2) is 5.38 Å². The highest BCUT2D eigenvalue weighted by Gasteiger charge is 2.11. The summed E-state index contributed by atoms with van der Waals surface area (Å²) in [5.74, 6) is 1.01. The molecule has 1 aromatic heterocycles. The van der Waals surface area contributed by atoms with E-state index in [1.165, 1.54) is 11.3 Å². The molecule has 0 fully saturated rings. The van der Waals surface area contributed by atoms with Crippen molar-refractivity contribution in [2.24, 2.45) is 11.7 Å². The molecule has 0 bridgehead atoms. The van der Waals surface area contributed by atoms with Gasteiger partial charge in [-0.15, -0.1) is 11.3 Å². The fourth-order valence-corrected chi connectivity index (χ4v) is 2.80. The third-order valence-corrected chi connectivity index (χ3v) is 4.07. The number of hydrogen-bond donors (Lipinski definition) is 2. The zero-order valence-electron chi connectivity index (χ0n) is 12.1. The van der Waals surface area contributed by atoms with E-state index in [1.807, 2.05) is 5.38 Å². The van der Waals surface area contributed by atoms with E-state index < -0.39 is 0 Å². The largest absolute Gasteiger partial charge is 0.330 e. The second kappa shape index (κ2) is 8.27. The van der Waals surface area contributed by atoms with E-state index in [0.717, 1.165) is 25.0 Å². The third-order valence-electron chi connectivity index (χ3n) is 3.29. The van der Waals surface area contributed by atoms with Crippen LogP contribution in [0.2, 0.25) is 0 Å². The quantitative estimate of drug-likeness (QED) is 0.768. The van der Waals surface area contributed by atoms with E-state index in [1.54, 1.807) is 0 Å². The molecule has 19 heavy (non-hydrogen) atoms. The van der Waals surface area contributed by atoms with Gasteiger partial charge in [0.15, 0.2) is 5.13 Å². The summed E-state index contributed by atoms with van der Waals surface area (Å²) >= 11 is 1.49. The number of nitrogens with two attached hydrogens (primary N) is 1. The van der Waals surface area contributed by atoms with E-state index in [4.69, 9.17) is 5.73 Å². The average Bonchev–Trinajstić information content (AvgIpc) is 2.83. The molecule has 0 aliphatic rings. The number of nitrogens with one attached hydrogen (secondary N) is 1. The lowest BCUT2D eigenvalue weighted by Gasteiger charge is -2.12. The Morgan fingerprint density at radius 1 is 1.47 bits per heavy atom. The lowest BCUT2D eigenvalue weighted by atomic mass is 9.96. The summed E-state index contributed by atoms with van der Waals surface area (Å²) in [6.07, 6.45) is 3.54. The van der Waals surface area contributed by atoms with Crippen molar-refractivity contribution in [3.8, 4) is 0 Å². The maximum absolute atomic E-state index is 11.8. The van der Waals surface area contributed by atoms with E-state index >= 15 is 0 Å². The molecule has 1 unspecified atom stereocenters. The molecular formula is C14H25N3OS. The van der Waals surface area contributed by atoms with E-state index in [9.17, 15) is 4.79 Å². The van der Waals surface area contributed by atoms with Gasteiger partial charge in [-0.2, -0.15) is 0 Å². The van der Waals surface area contributed by atoms with Crippen molar-refractivity contribution >= 4 is 22.4 Å². The van der Waals surface area contributed by atoms with Gasteiger partial charge in [0.05, 0.1) is 5.69 Å². The molecule has 0 radical (unpaired) electrons. The Labute approximate surface area is 119 Å². The predicted molar refractivity (Wildman–Crippen MR) is 81.5 cm³/mol. The van der Waals surface area contributed by atoms with Crippen LogP contribution in [-0.4, -0.2) is 17.4 Å². The molecule has 0 aromatic carbocycles. The Hall–Kier alpha value is -0.940. The maximum atomic E-state index is 11.8. The smallest absolute Gasteiger partial charge is 0.226 e. The highest BCUT2D eigenvalue weighted by Crippen LogP contribution is 2.22. The zero-order valence-corrected chi connectivity index (χ0v) is 12.9. The Morgan fingerprint density at radius 3 is 2.74 bits per heavy atom. The Morgan fingerprint density at radius 2 is 2.21 bits per heavy atom. The third kappa shape index (κ3) is 5.70. The molecule has 5 heteroatoms. The van der Waals surface area contributed by atoms with E-state index in [0.29, 0.717) is 29.9 Å². The van der Waals surface area contributed by atoms with Gasteiger partial charge in [-0.1, -0.05) is 27.2 Å². The number of anilines is 1. The molecule has 1 atom stereocenters. The topological polar surface area (TPSA) is 68.0 Å². The number of hydrogen-bond acceptors (Lipinski definition) is 4. The van der Waals surface area contributed by atoms with Crippen LogP contribution in [-0.2, 0) is 4.79 Å². The molecular weight excluding hydrogens is 258 g/mol.